The molecule has 0 bridgehead atoms. The van der Waals surface area contributed by atoms with Crippen molar-refractivity contribution in [1.82, 2.24) is 0 Å². The number of nitrogens with zero attached hydrogens (tertiary/aromatic N) is 1. The Labute approximate surface area is 101 Å². The fourth-order valence-electron chi connectivity index (χ4n) is 1.51. The van der Waals surface area contributed by atoms with Crippen LogP contribution in [-0.4, -0.2) is 0 Å². The molecule has 0 radical (unpaired) electrons. The second-order valence-corrected chi connectivity index (χ2v) is 4.51. The average molecular weight is 240 g/mol. The SMILES string of the molecule is CCc1c[n+](-c2ccccc2)sc1C.[Cl-]. The maximum Gasteiger partial charge on any atom is 0.224 e. The molecule has 0 fully saturated rings. The summed E-state index contributed by atoms with van der Waals surface area (Å²) < 4.78 is 2.23. The first-order chi connectivity index (χ1) is 6.81. The number of aromatic nitrogens is 1. The van der Waals surface area contributed by atoms with Gasteiger partial charge in [0.15, 0.2) is 6.20 Å². The van der Waals surface area contributed by atoms with Gasteiger partial charge in [-0.1, -0.05) is 25.1 Å². The van der Waals surface area contributed by atoms with Crippen molar-refractivity contribution in [1.29, 1.82) is 0 Å². The quantitative estimate of drug-likeness (QED) is 0.645. The van der Waals surface area contributed by atoms with Gasteiger partial charge in [-0.25, -0.2) is 0 Å². The average Bonchev–Trinajstić information content (AvgIpc) is 2.61. The fraction of sp³-hybridized carbons (Fsp3) is 0.250. The van der Waals surface area contributed by atoms with Gasteiger partial charge in [0.1, 0.15) is 11.5 Å². The normalized spacial score (nSPS) is 9.73. The van der Waals surface area contributed by atoms with Crippen molar-refractivity contribution in [2.75, 3.05) is 0 Å². The maximum absolute atomic E-state index is 2.23. The van der Waals surface area contributed by atoms with Crippen LogP contribution in [0.3, 0.4) is 0 Å². The van der Waals surface area contributed by atoms with E-state index >= 15 is 0 Å². The third-order valence-electron chi connectivity index (χ3n) is 2.35. The van der Waals surface area contributed by atoms with Crippen LogP contribution in [0.2, 0.25) is 0 Å². The van der Waals surface area contributed by atoms with Gasteiger partial charge >= 0.3 is 0 Å². The molecule has 2 aromatic rings. The number of para-hydroxylation sites is 1. The molecular formula is C12H14ClNS. The van der Waals surface area contributed by atoms with Gasteiger partial charge in [-0.15, -0.1) is 3.96 Å². The van der Waals surface area contributed by atoms with Crippen LogP contribution in [0.15, 0.2) is 36.5 Å². The Morgan fingerprint density at radius 2 is 1.87 bits per heavy atom. The molecule has 15 heavy (non-hydrogen) atoms. The molecule has 1 aromatic carbocycles. The van der Waals surface area contributed by atoms with Gasteiger partial charge in [0, 0.05) is 17.7 Å². The summed E-state index contributed by atoms with van der Waals surface area (Å²) in [7, 11) is 0. The molecule has 0 amide bonds. The van der Waals surface area contributed by atoms with Crippen LogP contribution in [0.4, 0.5) is 0 Å². The lowest BCUT2D eigenvalue weighted by Crippen LogP contribution is -3.00. The number of rotatable bonds is 2. The van der Waals surface area contributed by atoms with Gasteiger partial charge in [0.05, 0.1) is 4.88 Å². The number of hydrogen-bond donors (Lipinski definition) is 0. The number of halogens is 1. The highest BCUT2D eigenvalue weighted by Gasteiger charge is 2.13. The molecule has 0 aliphatic heterocycles. The van der Waals surface area contributed by atoms with Crippen LogP contribution in [0.1, 0.15) is 17.4 Å². The van der Waals surface area contributed by atoms with Crippen LogP contribution in [0, 0.1) is 6.92 Å². The summed E-state index contributed by atoms with van der Waals surface area (Å²) in [6.07, 6.45) is 3.34. The monoisotopic (exact) mass is 239 g/mol. The van der Waals surface area contributed by atoms with Gasteiger partial charge in [0.25, 0.3) is 0 Å². The minimum absolute atomic E-state index is 0. The van der Waals surface area contributed by atoms with Crippen LogP contribution in [0.25, 0.3) is 5.69 Å². The molecule has 0 aliphatic carbocycles. The summed E-state index contributed by atoms with van der Waals surface area (Å²) >= 11 is 1.81. The predicted molar refractivity (Wildman–Crippen MR) is 60.0 cm³/mol. The molecule has 80 valence electrons. The summed E-state index contributed by atoms with van der Waals surface area (Å²) in [5.74, 6) is 0. The van der Waals surface area contributed by atoms with Gasteiger partial charge < -0.3 is 12.4 Å². The maximum atomic E-state index is 2.23. The summed E-state index contributed by atoms with van der Waals surface area (Å²) in [6, 6.07) is 10.5. The van der Waals surface area contributed by atoms with Crippen LogP contribution in [-0.2, 0) is 6.42 Å². The first kappa shape index (κ1) is 12.2. The van der Waals surface area contributed by atoms with Crippen molar-refractivity contribution in [3.05, 3.63) is 47.0 Å². The number of aryl methyl sites for hydroxylation is 2. The van der Waals surface area contributed by atoms with Gasteiger partial charge in [-0.3, -0.25) is 0 Å². The van der Waals surface area contributed by atoms with Crippen LogP contribution < -0.4 is 16.4 Å². The Kier molecular flexibility index (Phi) is 4.30. The van der Waals surface area contributed by atoms with Gasteiger partial charge in [-0.2, -0.15) is 0 Å². The molecule has 0 saturated heterocycles. The lowest BCUT2D eigenvalue weighted by atomic mass is 10.2. The summed E-state index contributed by atoms with van der Waals surface area (Å²) in [6.45, 7) is 4.38. The molecule has 0 aliphatic rings. The third-order valence-corrected chi connectivity index (χ3v) is 3.40. The standard InChI is InChI=1S/C12H14NS.ClH/c1-3-11-9-13(14-10(11)2)12-7-5-4-6-8-12;/h4-9H,3H2,1-2H3;1H/q+1;/p-1. The highest BCUT2D eigenvalue weighted by molar-refractivity contribution is 7.02. The highest BCUT2D eigenvalue weighted by Crippen LogP contribution is 2.13. The van der Waals surface area contributed by atoms with E-state index in [0.29, 0.717) is 0 Å². The molecular weight excluding hydrogens is 226 g/mol. The molecule has 3 heteroatoms. The number of benzene rings is 1. The fourth-order valence-corrected chi connectivity index (χ4v) is 2.52. The summed E-state index contributed by atoms with van der Waals surface area (Å²) in [4.78, 5) is 1.41. The zero-order valence-corrected chi connectivity index (χ0v) is 10.5. The lowest BCUT2D eigenvalue weighted by Gasteiger charge is -1.86. The zero-order chi connectivity index (χ0) is 9.97. The molecule has 0 unspecified atom stereocenters. The Bertz CT molecular complexity index is 422. The van der Waals surface area contributed by atoms with E-state index in [4.69, 9.17) is 0 Å². The summed E-state index contributed by atoms with van der Waals surface area (Å²) in [5, 5.41) is 0. The van der Waals surface area contributed by atoms with E-state index in [1.165, 1.54) is 16.1 Å². The van der Waals surface area contributed by atoms with Crippen molar-refractivity contribution < 1.29 is 16.4 Å². The van der Waals surface area contributed by atoms with Crippen molar-refractivity contribution >= 4 is 11.5 Å². The second kappa shape index (κ2) is 5.29. The molecule has 0 spiro atoms. The van der Waals surface area contributed by atoms with E-state index in [-0.39, 0.29) is 12.4 Å². The Balaban J connectivity index is 0.00000112. The van der Waals surface area contributed by atoms with E-state index in [2.05, 4.69) is 48.3 Å². The van der Waals surface area contributed by atoms with E-state index in [1.54, 1.807) is 0 Å². The molecule has 0 N–H and O–H groups in total. The molecule has 0 saturated carbocycles. The van der Waals surface area contributed by atoms with Gasteiger partial charge in [0.2, 0.25) is 5.69 Å². The van der Waals surface area contributed by atoms with Crippen molar-refractivity contribution in [3.8, 4) is 5.69 Å². The highest BCUT2D eigenvalue weighted by atomic mass is 35.5. The van der Waals surface area contributed by atoms with E-state index in [0.717, 1.165) is 6.42 Å². The first-order valence-electron chi connectivity index (χ1n) is 4.88. The minimum atomic E-state index is 0. The zero-order valence-electron chi connectivity index (χ0n) is 8.90. The molecule has 1 heterocycles. The largest absolute Gasteiger partial charge is 1.00 e. The number of hydrogen-bond acceptors (Lipinski definition) is 1. The van der Waals surface area contributed by atoms with Gasteiger partial charge in [-0.05, 0) is 13.3 Å². The Hall–Kier alpha value is -0.860. The topological polar surface area (TPSA) is 3.88 Å². The Morgan fingerprint density at radius 3 is 2.40 bits per heavy atom. The van der Waals surface area contributed by atoms with Crippen LogP contribution in [0.5, 0.6) is 0 Å². The molecule has 0 atom stereocenters. The first-order valence-corrected chi connectivity index (χ1v) is 5.65. The van der Waals surface area contributed by atoms with Crippen molar-refractivity contribution in [2.24, 2.45) is 0 Å². The minimum Gasteiger partial charge on any atom is -1.00 e. The van der Waals surface area contributed by atoms with E-state index in [1.807, 2.05) is 17.6 Å². The predicted octanol–water partition coefficient (Wildman–Crippen LogP) is -0.100. The molecule has 1 aromatic heterocycles. The third kappa shape index (κ3) is 2.58. The smallest absolute Gasteiger partial charge is 0.224 e. The molecule has 1 nitrogen and oxygen atoms in total. The van der Waals surface area contributed by atoms with Crippen molar-refractivity contribution in [3.63, 3.8) is 0 Å². The molecule has 2 rings (SSSR count). The van der Waals surface area contributed by atoms with E-state index < -0.39 is 0 Å². The second-order valence-electron chi connectivity index (χ2n) is 3.32. The van der Waals surface area contributed by atoms with Crippen LogP contribution >= 0.6 is 11.5 Å². The lowest BCUT2D eigenvalue weighted by molar-refractivity contribution is -0.520. The summed E-state index contributed by atoms with van der Waals surface area (Å²) in [5.41, 5.74) is 2.69. The van der Waals surface area contributed by atoms with E-state index in [9.17, 15) is 0 Å². The Morgan fingerprint density at radius 1 is 1.20 bits per heavy atom. The van der Waals surface area contributed by atoms with Crippen molar-refractivity contribution in [2.45, 2.75) is 20.3 Å².